The zero-order valence-electron chi connectivity index (χ0n) is 9.22. The van der Waals surface area contributed by atoms with Gasteiger partial charge in [0, 0.05) is 5.56 Å². The van der Waals surface area contributed by atoms with E-state index in [9.17, 15) is 18.3 Å². The zero-order valence-corrected chi connectivity index (χ0v) is 9.22. The Hall–Kier alpha value is -1.23. The predicted molar refractivity (Wildman–Crippen MR) is 57.8 cm³/mol. The highest BCUT2D eigenvalue weighted by molar-refractivity contribution is 5.41. The van der Waals surface area contributed by atoms with E-state index in [1.54, 1.807) is 0 Å². The van der Waals surface area contributed by atoms with Crippen LogP contribution in [0.3, 0.4) is 0 Å². The minimum absolute atomic E-state index is 0.0219. The molecule has 0 radical (unpaired) electrons. The van der Waals surface area contributed by atoms with E-state index >= 15 is 0 Å². The number of phenols is 1. The maximum atomic E-state index is 12.8. The SMILES string of the molecule is Oc1cccc(C(F)(F)F)c1CC1CCNC1. The summed E-state index contributed by atoms with van der Waals surface area (Å²) in [5, 5.41) is 12.7. The van der Waals surface area contributed by atoms with Gasteiger partial charge < -0.3 is 10.4 Å². The molecule has 0 spiro atoms. The third-order valence-electron chi connectivity index (χ3n) is 3.11. The van der Waals surface area contributed by atoms with Crippen molar-refractivity contribution in [2.24, 2.45) is 5.92 Å². The molecular weight excluding hydrogens is 231 g/mol. The summed E-state index contributed by atoms with van der Waals surface area (Å²) in [6.07, 6.45) is -3.28. The second kappa shape index (κ2) is 4.56. The molecule has 1 atom stereocenters. The Bertz CT molecular complexity index is 397. The fourth-order valence-corrected chi connectivity index (χ4v) is 2.23. The van der Waals surface area contributed by atoms with E-state index in [1.165, 1.54) is 12.1 Å². The molecule has 1 aromatic rings. The maximum Gasteiger partial charge on any atom is 0.416 e. The van der Waals surface area contributed by atoms with Crippen LogP contribution in [0.1, 0.15) is 17.5 Å². The fraction of sp³-hybridized carbons (Fsp3) is 0.500. The van der Waals surface area contributed by atoms with Gasteiger partial charge in [-0.2, -0.15) is 13.2 Å². The summed E-state index contributed by atoms with van der Waals surface area (Å²) in [5.74, 6) is -0.0869. The Balaban J connectivity index is 2.30. The second-order valence-corrected chi connectivity index (χ2v) is 4.36. The van der Waals surface area contributed by atoms with Crippen LogP contribution < -0.4 is 5.32 Å². The van der Waals surface area contributed by atoms with Crippen molar-refractivity contribution in [1.29, 1.82) is 0 Å². The lowest BCUT2D eigenvalue weighted by atomic mass is 9.94. The first-order valence-corrected chi connectivity index (χ1v) is 5.57. The minimum Gasteiger partial charge on any atom is -0.508 e. The molecule has 1 saturated heterocycles. The highest BCUT2D eigenvalue weighted by Crippen LogP contribution is 2.37. The summed E-state index contributed by atoms with van der Waals surface area (Å²) in [7, 11) is 0. The third-order valence-corrected chi connectivity index (χ3v) is 3.11. The Morgan fingerprint density at radius 3 is 2.71 bits per heavy atom. The van der Waals surface area contributed by atoms with Crippen molar-refractivity contribution in [3.63, 3.8) is 0 Å². The molecule has 0 aromatic heterocycles. The Kier molecular flexibility index (Phi) is 3.28. The van der Waals surface area contributed by atoms with E-state index in [2.05, 4.69) is 5.32 Å². The van der Waals surface area contributed by atoms with Gasteiger partial charge in [-0.15, -0.1) is 0 Å². The van der Waals surface area contributed by atoms with Crippen molar-refractivity contribution in [1.82, 2.24) is 5.32 Å². The molecule has 1 aliphatic rings. The summed E-state index contributed by atoms with van der Waals surface area (Å²) < 4.78 is 38.3. The van der Waals surface area contributed by atoms with Crippen LogP contribution in [-0.4, -0.2) is 18.2 Å². The van der Waals surface area contributed by atoms with Crippen LogP contribution in [0.25, 0.3) is 0 Å². The number of nitrogens with one attached hydrogen (secondary N) is 1. The van der Waals surface area contributed by atoms with Crippen LogP contribution in [0, 0.1) is 5.92 Å². The molecule has 0 amide bonds. The van der Waals surface area contributed by atoms with Gasteiger partial charge in [0.25, 0.3) is 0 Å². The van der Waals surface area contributed by atoms with Gasteiger partial charge in [0.05, 0.1) is 5.56 Å². The number of phenolic OH excluding ortho intramolecular Hbond substituents is 1. The lowest BCUT2D eigenvalue weighted by Gasteiger charge is -2.16. The molecule has 1 heterocycles. The van der Waals surface area contributed by atoms with Crippen molar-refractivity contribution in [2.45, 2.75) is 19.0 Å². The first kappa shape index (κ1) is 12.2. The van der Waals surface area contributed by atoms with Gasteiger partial charge in [-0.05, 0) is 44.0 Å². The van der Waals surface area contributed by atoms with Gasteiger partial charge >= 0.3 is 6.18 Å². The quantitative estimate of drug-likeness (QED) is 0.839. The van der Waals surface area contributed by atoms with E-state index in [4.69, 9.17) is 0 Å². The summed E-state index contributed by atoms with van der Waals surface area (Å²) in [6.45, 7) is 1.55. The van der Waals surface area contributed by atoms with Crippen LogP contribution in [0.15, 0.2) is 18.2 Å². The van der Waals surface area contributed by atoms with E-state index in [0.29, 0.717) is 6.54 Å². The van der Waals surface area contributed by atoms with Crippen LogP contribution >= 0.6 is 0 Å². The molecule has 5 heteroatoms. The highest BCUT2D eigenvalue weighted by Gasteiger charge is 2.35. The van der Waals surface area contributed by atoms with Crippen LogP contribution in [-0.2, 0) is 12.6 Å². The molecule has 0 bridgehead atoms. The largest absolute Gasteiger partial charge is 0.508 e. The van der Waals surface area contributed by atoms with Crippen LogP contribution in [0.2, 0.25) is 0 Å². The van der Waals surface area contributed by atoms with Gasteiger partial charge in [-0.1, -0.05) is 6.07 Å². The normalized spacial score (nSPS) is 20.8. The monoisotopic (exact) mass is 245 g/mol. The molecule has 2 rings (SSSR count). The molecule has 2 N–H and O–H groups in total. The predicted octanol–water partition coefficient (Wildman–Crippen LogP) is 2.56. The number of hydrogen-bond acceptors (Lipinski definition) is 2. The molecule has 2 nitrogen and oxygen atoms in total. The molecular formula is C12H14F3NO. The second-order valence-electron chi connectivity index (χ2n) is 4.36. The van der Waals surface area contributed by atoms with E-state index in [0.717, 1.165) is 19.0 Å². The number of rotatable bonds is 2. The molecule has 0 saturated carbocycles. The fourth-order valence-electron chi connectivity index (χ4n) is 2.23. The van der Waals surface area contributed by atoms with Gasteiger partial charge in [0.2, 0.25) is 0 Å². The van der Waals surface area contributed by atoms with Crippen molar-refractivity contribution >= 4 is 0 Å². The zero-order chi connectivity index (χ0) is 12.5. The minimum atomic E-state index is -4.40. The summed E-state index contributed by atoms with van der Waals surface area (Å²) in [4.78, 5) is 0. The van der Waals surface area contributed by atoms with Gasteiger partial charge in [-0.25, -0.2) is 0 Å². The molecule has 94 valence electrons. The number of alkyl halides is 3. The lowest BCUT2D eigenvalue weighted by Crippen LogP contribution is -2.15. The number of hydrogen-bond donors (Lipinski definition) is 2. The topological polar surface area (TPSA) is 32.3 Å². The summed E-state index contributed by atoms with van der Waals surface area (Å²) in [5.41, 5.74) is -0.696. The van der Waals surface area contributed by atoms with Crippen molar-refractivity contribution in [3.8, 4) is 5.75 Å². The number of aromatic hydroxyl groups is 1. The van der Waals surface area contributed by atoms with E-state index in [-0.39, 0.29) is 23.7 Å². The standard InChI is InChI=1S/C12H14F3NO/c13-12(14,15)10-2-1-3-11(17)9(10)6-8-4-5-16-7-8/h1-3,8,16-17H,4-7H2. The van der Waals surface area contributed by atoms with Gasteiger partial charge in [0.1, 0.15) is 5.75 Å². The smallest absolute Gasteiger partial charge is 0.416 e. The number of halogens is 3. The van der Waals surface area contributed by atoms with Gasteiger partial charge in [-0.3, -0.25) is 0 Å². The Labute approximate surface area is 97.5 Å². The first-order valence-electron chi connectivity index (χ1n) is 5.57. The average Bonchev–Trinajstić information content (AvgIpc) is 2.72. The highest BCUT2D eigenvalue weighted by atomic mass is 19.4. The van der Waals surface area contributed by atoms with Crippen molar-refractivity contribution < 1.29 is 18.3 Å². The third kappa shape index (κ3) is 2.72. The lowest BCUT2D eigenvalue weighted by molar-refractivity contribution is -0.138. The summed E-state index contributed by atoms with van der Waals surface area (Å²) >= 11 is 0. The molecule has 1 unspecified atom stereocenters. The van der Waals surface area contributed by atoms with Crippen LogP contribution in [0.4, 0.5) is 13.2 Å². The molecule has 17 heavy (non-hydrogen) atoms. The maximum absolute atomic E-state index is 12.8. The van der Waals surface area contributed by atoms with Crippen LogP contribution in [0.5, 0.6) is 5.75 Å². The molecule has 1 aliphatic heterocycles. The van der Waals surface area contributed by atoms with E-state index in [1.807, 2.05) is 0 Å². The first-order chi connectivity index (χ1) is 7.98. The van der Waals surface area contributed by atoms with E-state index < -0.39 is 11.7 Å². The Morgan fingerprint density at radius 2 is 2.12 bits per heavy atom. The molecule has 1 aromatic carbocycles. The molecule has 0 aliphatic carbocycles. The van der Waals surface area contributed by atoms with Gasteiger partial charge in [0.15, 0.2) is 0 Å². The van der Waals surface area contributed by atoms with Crippen molar-refractivity contribution in [2.75, 3.05) is 13.1 Å². The molecule has 1 fully saturated rings. The average molecular weight is 245 g/mol. The number of benzene rings is 1. The van der Waals surface area contributed by atoms with Crippen molar-refractivity contribution in [3.05, 3.63) is 29.3 Å². The Morgan fingerprint density at radius 1 is 1.35 bits per heavy atom. The summed E-state index contributed by atoms with van der Waals surface area (Å²) in [6, 6.07) is 3.57.